The van der Waals surface area contributed by atoms with Crippen LogP contribution in [-0.2, 0) is 6.42 Å². The number of carbonyl (C=O) groups is 1. The summed E-state index contributed by atoms with van der Waals surface area (Å²) in [6.07, 6.45) is 2.98. The van der Waals surface area contributed by atoms with Gasteiger partial charge in [0.05, 0.1) is 0 Å². The van der Waals surface area contributed by atoms with E-state index in [1.165, 1.54) is 11.1 Å². The van der Waals surface area contributed by atoms with Crippen molar-refractivity contribution in [2.45, 2.75) is 25.3 Å². The quantitative estimate of drug-likeness (QED) is 0.233. The van der Waals surface area contributed by atoms with Gasteiger partial charge in [-0.3, -0.25) is 0 Å². The van der Waals surface area contributed by atoms with Gasteiger partial charge in [-0.15, -0.1) is 0 Å². The summed E-state index contributed by atoms with van der Waals surface area (Å²) in [6, 6.07) is 17.6. The molecule has 0 saturated carbocycles. The van der Waals surface area contributed by atoms with Gasteiger partial charge in [0.2, 0.25) is 0 Å². The normalized spacial score (nSPS) is 15.3. The fourth-order valence-electron chi connectivity index (χ4n) is 4.16. The molecule has 0 radical (unpaired) electrons. The summed E-state index contributed by atoms with van der Waals surface area (Å²) in [6.45, 7) is 0. The zero-order valence-corrected chi connectivity index (χ0v) is 23.5. The number of aryl methyl sites for hydroxylation is 1. The van der Waals surface area contributed by atoms with E-state index in [-0.39, 0.29) is 26.5 Å². The van der Waals surface area contributed by atoms with Crippen molar-refractivity contribution < 1.29 is 4.79 Å². The van der Waals surface area contributed by atoms with Crippen molar-refractivity contribution in [2.24, 2.45) is 0 Å². The summed E-state index contributed by atoms with van der Waals surface area (Å²) in [5.74, 6) is -0.216. The molecule has 1 atom stereocenters. The average molecular weight is 673 g/mol. The first-order valence-corrected chi connectivity index (χ1v) is 14.4. The van der Waals surface area contributed by atoms with Crippen molar-refractivity contribution in [1.82, 2.24) is 15.1 Å². The van der Waals surface area contributed by atoms with Crippen LogP contribution in [0.2, 0.25) is 10.0 Å². The number of hydrogen-bond donors (Lipinski definition) is 1. The van der Waals surface area contributed by atoms with Gasteiger partial charge in [0.15, 0.2) is 0 Å². The minimum absolute atomic E-state index is 0.0344. The number of amides is 1. The number of hydrogen-bond acceptors (Lipinski definition) is 2. The molecular formula is C24H17Br2Cl2N3OSe. The number of nitrogens with zero attached hydrogens (tertiary/aromatic N) is 2. The molecule has 1 N–H and O–H groups in total. The molecule has 2 aromatic heterocycles. The van der Waals surface area contributed by atoms with E-state index in [2.05, 4.69) is 49.3 Å². The molecule has 0 fully saturated rings. The molecule has 33 heavy (non-hydrogen) atoms. The Hall–Kier alpha value is -1.34. The van der Waals surface area contributed by atoms with Crippen molar-refractivity contribution in [1.29, 1.82) is 0 Å². The predicted molar refractivity (Wildman–Crippen MR) is 141 cm³/mol. The second-order valence-corrected chi connectivity index (χ2v) is 13.7. The minimum atomic E-state index is -0.216. The van der Waals surface area contributed by atoms with Crippen LogP contribution in [0, 0.1) is 0 Å². The number of nitrogens with one attached hydrogen (secondary N) is 1. The summed E-state index contributed by atoms with van der Waals surface area (Å²) in [5.41, 5.74) is 4.29. The summed E-state index contributed by atoms with van der Waals surface area (Å²) in [7, 11) is 0. The van der Waals surface area contributed by atoms with Crippen LogP contribution in [0.4, 0.5) is 0 Å². The van der Waals surface area contributed by atoms with Crippen LogP contribution in [0.15, 0.2) is 62.4 Å². The second kappa shape index (κ2) is 9.73. The third-order valence-electron chi connectivity index (χ3n) is 5.66. The molecule has 0 spiro atoms. The van der Waals surface area contributed by atoms with Crippen molar-refractivity contribution in [3.8, 4) is 15.8 Å². The molecule has 9 heteroatoms. The van der Waals surface area contributed by atoms with Gasteiger partial charge < -0.3 is 0 Å². The number of aromatic nitrogens is 2. The summed E-state index contributed by atoms with van der Waals surface area (Å²) >= 11 is 20.0. The Kier molecular flexibility index (Phi) is 6.90. The number of rotatable bonds is 4. The summed E-state index contributed by atoms with van der Waals surface area (Å²) < 4.78 is 4.59. The third kappa shape index (κ3) is 4.64. The molecule has 0 aliphatic heterocycles. The Balaban J connectivity index is 1.57. The topological polar surface area (TPSA) is 46.9 Å². The number of halogens is 4. The number of fused-ring (bicyclic) bond motifs is 1. The van der Waals surface area contributed by atoms with E-state index in [4.69, 9.17) is 28.3 Å². The Morgan fingerprint density at radius 3 is 2.70 bits per heavy atom. The van der Waals surface area contributed by atoms with Gasteiger partial charge in [-0.05, 0) is 0 Å². The van der Waals surface area contributed by atoms with E-state index in [0.717, 1.165) is 32.7 Å². The zero-order valence-electron chi connectivity index (χ0n) is 17.1. The Bertz CT molecular complexity index is 1370. The molecule has 168 valence electrons. The fourth-order valence-corrected chi connectivity index (χ4v) is 8.23. The third-order valence-corrected chi connectivity index (χ3v) is 9.90. The molecule has 0 bridgehead atoms. The zero-order chi connectivity index (χ0) is 23.1. The van der Waals surface area contributed by atoms with Gasteiger partial charge in [0.1, 0.15) is 0 Å². The maximum atomic E-state index is 13.5. The Morgan fingerprint density at radius 1 is 1.12 bits per heavy atom. The van der Waals surface area contributed by atoms with Crippen LogP contribution < -0.4 is 5.32 Å². The van der Waals surface area contributed by atoms with Crippen molar-refractivity contribution in [3.63, 3.8) is 0 Å². The van der Waals surface area contributed by atoms with E-state index < -0.39 is 0 Å². The van der Waals surface area contributed by atoms with Crippen LogP contribution >= 0.6 is 55.1 Å². The Labute approximate surface area is 224 Å². The van der Waals surface area contributed by atoms with Crippen LogP contribution in [0.5, 0.6) is 0 Å². The van der Waals surface area contributed by atoms with Gasteiger partial charge >= 0.3 is 226 Å². The van der Waals surface area contributed by atoms with E-state index >= 15 is 0 Å². The van der Waals surface area contributed by atoms with E-state index in [0.29, 0.717) is 25.9 Å². The van der Waals surface area contributed by atoms with Crippen molar-refractivity contribution in [3.05, 3.63) is 89.3 Å². The van der Waals surface area contributed by atoms with Crippen molar-refractivity contribution in [2.75, 3.05) is 0 Å². The van der Waals surface area contributed by atoms with E-state index in [9.17, 15) is 4.79 Å². The van der Waals surface area contributed by atoms with Gasteiger partial charge in [0.25, 0.3) is 0 Å². The maximum absolute atomic E-state index is 13.5. The second-order valence-electron chi connectivity index (χ2n) is 7.74. The van der Waals surface area contributed by atoms with Gasteiger partial charge in [0, 0.05) is 0 Å². The first-order chi connectivity index (χ1) is 15.9. The van der Waals surface area contributed by atoms with Gasteiger partial charge in [-0.25, -0.2) is 0 Å². The summed E-state index contributed by atoms with van der Waals surface area (Å²) in [5, 5.41) is 8.94. The first kappa shape index (κ1) is 23.4. The van der Waals surface area contributed by atoms with E-state index in [1.807, 2.05) is 30.3 Å². The molecule has 4 nitrogen and oxygen atoms in total. The van der Waals surface area contributed by atoms with Gasteiger partial charge in [-0.1, -0.05) is 0 Å². The predicted octanol–water partition coefficient (Wildman–Crippen LogP) is 7.24. The number of carbonyl (C=O) groups excluding carboxylic acids is 1. The SMILES string of the molecule is O=C(NC1CCCc2ccccc21)c1nn(-c2ccc(Cl)cc2Cl)c(-c2ccc(Br)[se]2)c1Br. The molecular weight excluding hydrogens is 656 g/mol. The molecule has 2 heterocycles. The average Bonchev–Trinajstić information content (AvgIpc) is 3.36. The van der Waals surface area contributed by atoms with Crippen LogP contribution in [0.25, 0.3) is 15.8 Å². The van der Waals surface area contributed by atoms with Crippen LogP contribution in [0.1, 0.15) is 40.5 Å². The van der Waals surface area contributed by atoms with Crippen LogP contribution in [0.3, 0.4) is 0 Å². The van der Waals surface area contributed by atoms with Crippen molar-refractivity contribution >= 4 is 75.5 Å². The molecule has 0 saturated heterocycles. The molecule has 4 aromatic rings. The number of benzene rings is 2. The molecule has 1 aliphatic rings. The van der Waals surface area contributed by atoms with Crippen LogP contribution in [-0.4, -0.2) is 30.2 Å². The van der Waals surface area contributed by atoms with Gasteiger partial charge in [-0.2, -0.15) is 0 Å². The summed E-state index contributed by atoms with van der Waals surface area (Å²) in [4.78, 5) is 13.5. The first-order valence-electron chi connectivity index (χ1n) is 10.3. The standard InChI is InChI=1S/C24H17Br2Cl2N3OSe/c25-20-11-10-19(33-20)23-21(26)22(30-31(23)18-9-8-14(27)12-16(18)28)24(32)29-17-7-3-5-13-4-1-2-6-15(13)17/h1-2,4,6,8-12,17H,3,5,7H2,(H,29,32). The van der Waals surface area contributed by atoms with E-state index in [1.54, 1.807) is 16.8 Å². The molecule has 2 aromatic carbocycles. The monoisotopic (exact) mass is 671 g/mol. The molecule has 1 aliphatic carbocycles. The molecule has 1 unspecified atom stereocenters. The Morgan fingerprint density at radius 2 is 1.94 bits per heavy atom. The molecule has 5 rings (SSSR count). The molecule has 1 amide bonds. The fraction of sp³-hybridized carbons (Fsp3) is 0.167.